The lowest BCUT2D eigenvalue weighted by molar-refractivity contribution is -0.122. The van der Waals surface area contributed by atoms with Crippen LogP contribution in [0.25, 0.3) is 0 Å². The van der Waals surface area contributed by atoms with Gasteiger partial charge in [-0.2, -0.15) is 0 Å². The summed E-state index contributed by atoms with van der Waals surface area (Å²) in [5, 5.41) is 3.00. The second-order valence-corrected chi connectivity index (χ2v) is 4.85. The first-order valence-corrected chi connectivity index (χ1v) is 6.08. The summed E-state index contributed by atoms with van der Waals surface area (Å²) in [7, 11) is 0. The fourth-order valence-electron chi connectivity index (χ4n) is 1.78. The Labute approximate surface area is 113 Å². The number of carbonyl (C=O) groups excluding carboxylic acids is 1. The molecule has 0 aliphatic heterocycles. The lowest BCUT2D eigenvalue weighted by Crippen LogP contribution is -2.29. The average Bonchev–Trinajstić information content (AvgIpc) is 2.24. The summed E-state index contributed by atoms with van der Waals surface area (Å²) >= 11 is 5.56. The highest BCUT2D eigenvalue weighted by Crippen LogP contribution is 2.24. The smallest absolute Gasteiger partial charge is 0.258 e. The third-order valence-electron chi connectivity index (χ3n) is 2.43. The zero-order valence-corrected chi connectivity index (χ0v) is 11.7. The molecular weight excluding hydrogens is 250 g/mol. The number of halogens is 1. The molecule has 0 saturated heterocycles. The van der Waals surface area contributed by atoms with Gasteiger partial charge in [0.2, 0.25) is 0 Å². The van der Waals surface area contributed by atoms with Crippen molar-refractivity contribution in [3.8, 4) is 5.75 Å². The van der Waals surface area contributed by atoms with E-state index < -0.39 is 0 Å². The molecule has 0 atom stereocenters. The highest BCUT2D eigenvalue weighted by atomic mass is 35.5. The Bertz CT molecular complexity index is 446. The van der Waals surface area contributed by atoms with Gasteiger partial charge in [0, 0.05) is 5.03 Å². The van der Waals surface area contributed by atoms with E-state index in [2.05, 4.69) is 11.9 Å². The molecule has 3 nitrogen and oxygen atoms in total. The maximum atomic E-state index is 11.5. The van der Waals surface area contributed by atoms with E-state index in [1.54, 1.807) is 0 Å². The van der Waals surface area contributed by atoms with Crippen molar-refractivity contribution >= 4 is 17.5 Å². The molecule has 1 amide bonds. The molecule has 0 saturated carbocycles. The van der Waals surface area contributed by atoms with Crippen LogP contribution in [0.4, 0.5) is 0 Å². The van der Waals surface area contributed by atoms with E-state index in [4.69, 9.17) is 16.3 Å². The summed E-state index contributed by atoms with van der Waals surface area (Å²) in [5.74, 6) is 0.552. The van der Waals surface area contributed by atoms with Gasteiger partial charge in [0.05, 0.1) is 6.54 Å². The summed E-state index contributed by atoms with van der Waals surface area (Å²) in [5.41, 5.74) is 3.24. The Morgan fingerprint density at radius 1 is 1.33 bits per heavy atom. The Hall–Kier alpha value is -1.48. The van der Waals surface area contributed by atoms with Gasteiger partial charge in [0.25, 0.3) is 5.91 Å². The van der Waals surface area contributed by atoms with E-state index in [0.717, 1.165) is 16.9 Å². The SMILES string of the molecule is C=C(Cl)CNC(=O)COc1c(C)cc(C)cc1C. The van der Waals surface area contributed by atoms with Crippen molar-refractivity contribution in [3.63, 3.8) is 0 Å². The van der Waals surface area contributed by atoms with E-state index in [0.29, 0.717) is 5.03 Å². The molecule has 0 bridgehead atoms. The van der Waals surface area contributed by atoms with Gasteiger partial charge in [-0.05, 0) is 31.9 Å². The van der Waals surface area contributed by atoms with E-state index in [1.165, 1.54) is 5.56 Å². The molecule has 98 valence electrons. The Kier molecular flexibility index (Phi) is 5.23. The molecule has 0 spiro atoms. The molecule has 0 heterocycles. The minimum Gasteiger partial charge on any atom is -0.483 e. The molecule has 0 aliphatic carbocycles. The van der Waals surface area contributed by atoms with Crippen LogP contribution in [-0.4, -0.2) is 19.1 Å². The molecule has 1 rings (SSSR count). The van der Waals surface area contributed by atoms with E-state index >= 15 is 0 Å². The van der Waals surface area contributed by atoms with E-state index in [1.807, 2.05) is 32.9 Å². The number of amides is 1. The van der Waals surface area contributed by atoms with Crippen LogP contribution >= 0.6 is 11.6 Å². The molecule has 4 heteroatoms. The number of hydrogen-bond acceptors (Lipinski definition) is 2. The minimum atomic E-state index is -0.212. The van der Waals surface area contributed by atoms with Crippen LogP contribution in [0, 0.1) is 20.8 Å². The number of carbonyl (C=O) groups is 1. The van der Waals surface area contributed by atoms with Gasteiger partial charge in [-0.3, -0.25) is 4.79 Å². The van der Waals surface area contributed by atoms with Crippen LogP contribution in [0.3, 0.4) is 0 Å². The van der Waals surface area contributed by atoms with Crippen molar-refractivity contribution in [2.24, 2.45) is 0 Å². The van der Waals surface area contributed by atoms with Gasteiger partial charge in [0.1, 0.15) is 5.75 Å². The van der Waals surface area contributed by atoms with Crippen LogP contribution in [-0.2, 0) is 4.79 Å². The van der Waals surface area contributed by atoms with Crippen LogP contribution in [0.2, 0.25) is 0 Å². The zero-order valence-electron chi connectivity index (χ0n) is 11.0. The normalized spacial score (nSPS) is 10.0. The predicted octanol–water partition coefficient (Wildman–Crippen LogP) is 2.86. The Morgan fingerprint density at radius 2 is 1.89 bits per heavy atom. The van der Waals surface area contributed by atoms with Crippen LogP contribution in [0.15, 0.2) is 23.7 Å². The summed E-state index contributed by atoms with van der Waals surface area (Å²) in [6.07, 6.45) is 0. The van der Waals surface area contributed by atoms with Gasteiger partial charge < -0.3 is 10.1 Å². The molecule has 0 radical (unpaired) electrons. The third-order valence-corrected chi connectivity index (χ3v) is 2.56. The molecular formula is C14H18ClNO2. The zero-order chi connectivity index (χ0) is 13.7. The first kappa shape index (κ1) is 14.6. The molecule has 18 heavy (non-hydrogen) atoms. The third kappa shape index (κ3) is 4.41. The van der Waals surface area contributed by atoms with E-state index in [9.17, 15) is 4.79 Å². The lowest BCUT2D eigenvalue weighted by atomic mass is 10.1. The number of benzene rings is 1. The van der Waals surface area contributed by atoms with Crippen molar-refractivity contribution < 1.29 is 9.53 Å². The molecule has 0 unspecified atom stereocenters. The van der Waals surface area contributed by atoms with Gasteiger partial charge in [-0.1, -0.05) is 35.9 Å². The molecule has 0 aliphatic rings. The van der Waals surface area contributed by atoms with Gasteiger partial charge >= 0.3 is 0 Å². The topological polar surface area (TPSA) is 38.3 Å². The Morgan fingerprint density at radius 3 is 2.39 bits per heavy atom. The van der Waals surface area contributed by atoms with E-state index in [-0.39, 0.29) is 19.1 Å². The highest BCUT2D eigenvalue weighted by Gasteiger charge is 2.08. The van der Waals surface area contributed by atoms with Gasteiger partial charge in [0.15, 0.2) is 6.61 Å². The molecule has 1 N–H and O–H groups in total. The lowest BCUT2D eigenvalue weighted by Gasteiger charge is -2.13. The number of nitrogens with one attached hydrogen (secondary N) is 1. The first-order chi connectivity index (χ1) is 8.40. The number of aryl methyl sites for hydroxylation is 3. The van der Waals surface area contributed by atoms with Crippen LogP contribution in [0.1, 0.15) is 16.7 Å². The quantitative estimate of drug-likeness (QED) is 0.891. The average molecular weight is 268 g/mol. The highest BCUT2D eigenvalue weighted by molar-refractivity contribution is 6.29. The number of rotatable bonds is 5. The molecule has 1 aromatic rings. The molecule has 1 aromatic carbocycles. The minimum absolute atomic E-state index is 0.0189. The fraction of sp³-hybridized carbons (Fsp3) is 0.357. The van der Waals surface area contributed by atoms with Gasteiger partial charge in [-0.25, -0.2) is 0 Å². The maximum Gasteiger partial charge on any atom is 0.258 e. The van der Waals surface area contributed by atoms with Crippen molar-refractivity contribution in [2.75, 3.05) is 13.2 Å². The van der Waals surface area contributed by atoms with Gasteiger partial charge in [-0.15, -0.1) is 0 Å². The van der Waals surface area contributed by atoms with Crippen molar-refractivity contribution in [1.82, 2.24) is 5.32 Å². The largest absolute Gasteiger partial charge is 0.483 e. The number of hydrogen-bond donors (Lipinski definition) is 1. The summed E-state index contributed by atoms with van der Waals surface area (Å²) < 4.78 is 5.53. The molecule has 0 fully saturated rings. The van der Waals surface area contributed by atoms with Crippen molar-refractivity contribution in [3.05, 3.63) is 40.4 Å². The number of ether oxygens (including phenoxy) is 1. The van der Waals surface area contributed by atoms with Crippen molar-refractivity contribution in [1.29, 1.82) is 0 Å². The summed E-state index contributed by atoms with van der Waals surface area (Å²) in [6.45, 7) is 9.70. The molecule has 0 aromatic heterocycles. The predicted molar refractivity (Wildman–Crippen MR) is 74.2 cm³/mol. The first-order valence-electron chi connectivity index (χ1n) is 5.70. The van der Waals surface area contributed by atoms with Crippen molar-refractivity contribution in [2.45, 2.75) is 20.8 Å². The summed E-state index contributed by atoms with van der Waals surface area (Å²) in [6, 6.07) is 4.06. The van der Waals surface area contributed by atoms with Crippen LogP contribution < -0.4 is 10.1 Å². The Balaban J connectivity index is 2.58. The standard InChI is InChI=1S/C14H18ClNO2/c1-9-5-10(2)14(11(3)6-9)18-8-13(17)16-7-12(4)15/h5-6H,4,7-8H2,1-3H3,(H,16,17). The monoisotopic (exact) mass is 267 g/mol. The van der Waals surface area contributed by atoms with Crippen LogP contribution in [0.5, 0.6) is 5.75 Å². The fourth-order valence-corrected chi connectivity index (χ4v) is 1.84. The second kappa shape index (κ2) is 6.45. The maximum absolute atomic E-state index is 11.5. The second-order valence-electron chi connectivity index (χ2n) is 4.31. The summed E-state index contributed by atoms with van der Waals surface area (Å²) in [4.78, 5) is 11.5.